The molecule has 1 unspecified atom stereocenters. The monoisotopic (exact) mass is 546 g/mol. The second-order valence-electron chi connectivity index (χ2n) is 14.2. The van der Waals surface area contributed by atoms with Crippen molar-refractivity contribution in [1.82, 2.24) is 0 Å². The number of allylic oxidation sites excluding steroid dienone is 4. The lowest BCUT2D eigenvalue weighted by Gasteiger charge is -2.44. The van der Waals surface area contributed by atoms with Crippen molar-refractivity contribution >= 4 is 17.4 Å². The third kappa shape index (κ3) is 10.9. The van der Waals surface area contributed by atoms with Crippen LogP contribution in [-0.4, -0.2) is 34.2 Å². The van der Waals surface area contributed by atoms with Crippen LogP contribution in [0.1, 0.15) is 100 Å². The normalized spacial score (nSPS) is 17.1. The van der Waals surface area contributed by atoms with Gasteiger partial charge >= 0.3 is 9.05 Å². The summed E-state index contributed by atoms with van der Waals surface area (Å²) in [6, 6.07) is 12.0. The summed E-state index contributed by atoms with van der Waals surface area (Å²) in [6.07, 6.45) is 11.2. The first-order valence-electron chi connectivity index (χ1n) is 14.0. The zero-order chi connectivity index (χ0) is 28.2. The van der Waals surface area contributed by atoms with Crippen LogP contribution >= 0.6 is 0 Å². The van der Waals surface area contributed by atoms with Crippen molar-refractivity contribution in [3.05, 3.63) is 59.7 Å². The molecular weight excluding hydrogens is 493 g/mol. The molecule has 0 heterocycles. The fraction of sp³-hybridized carbons (Fsp3) is 0.677. The predicted molar refractivity (Wildman–Crippen MR) is 161 cm³/mol. The summed E-state index contributed by atoms with van der Waals surface area (Å²) in [7, 11) is -5.65. The minimum Gasteiger partial charge on any atom is -0.394 e. The standard InChI is InChI=1S/C31H54O4Si2/c1-28(2,3)32-37(33-29(4,5)6,34-30(7,8)9)35-36(11,12)25-19-18-24-31(10,27-22-16-17-23-27)26-20-14-13-15-21-26/h13-17,20-22H,18-19,23-25H2,1-12H3. The summed E-state index contributed by atoms with van der Waals surface area (Å²) >= 11 is 0. The molecule has 0 saturated carbocycles. The molecule has 1 aliphatic carbocycles. The molecule has 0 aliphatic heterocycles. The number of rotatable bonds is 12. The van der Waals surface area contributed by atoms with E-state index in [9.17, 15) is 0 Å². The first kappa shape index (κ1) is 32.2. The van der Waals surface area contributed by atoms with Crippen molar-refractivity contribution in [2.75, 3.05) is 0 Å². The summed E-state index contributed by atoms with van der Waals surface area (Å²) < 4.78 is 26.7. The Balaban J connectivity index is 2.17. The second kappa shape index (κ2) is 12.0. The van der Waals surface area contributed by atoms with Gasteiger partial charge in [0.2, 0.25) is 0 Å². The topological polar surface area (TPSA) is 36.9 Å². The van der Waals surface area contributed by atoms with Gasteiger partial charge in [0.15, 0.2) is 8.32 Å². The summed E-state index contributed by atoms with van der Waals surface area (Å²) in [5, 5.41) is 0. The average molecular weight is 547 g/mol. The van der Waals surface area contributed by atoms with E-state index in [2.05, 4.69) is 68.6 Å². The number of unbranched alkanes of at least 4 members (excludes halogenated alkanes) is 1. The Morgan fingerprint density at radius 1 is 0.730 bits per heavy atom. The summed E-state index contributed by atoms with van der Waals surface area (Å²) in [6.45, 7) is 25.3. The molecule has 1 atom stereocenters. The third-order valence-corrected chi connectivity index (χ3v) is 13.6. The number of hydrogen-bond acceptors (Lipinski definition) is 4. The van der Waals surface area contributed by atoms with Gasteiger partial charge in [0.1, 0.15) is 0 Å². The van der Waals surface area contributed by atoms with Crippen molar-refractivity contribution in [2.24, 2.45) is 0 Å². The highest BCUT2D eigenvalue weighted by Crippen LogP contribution is 2.41. The van der Waals surface area contributed by atoms with Gasteiger partial charge < -0.3 is 17.4 Å². The first-order valence-corrected chi connectivity index (χ1v) is 18.7. The van der Waals surface area contributed by atoms with Gasteiger partial charge in [-0.05, 0) is 99.9 Å². The van der Waals surface area contributed by atoms with E-state index in [4.69, 9.17) is 17.4 Å². The van der Waals surface area contributed by atoms with Crippen molar-refractivity contribution in [1.29, 1.82) is 0 Å². The number of hydrogen-bond donors (Lipinski definition) is 0. The van der Waals surface area contributed by atoms with Gasteiger partial charge in [-0.15, -0.1) is 0 Å². The maximum atomic E-state index is 6.96. The molecule has 0 N–H and O–H groups in total. The SMILES string of the molecule is CC(C)(C)O[Si](OC(C)(C)C)(OC(C)(C)C)O[Si](C)(C)CCCCC(C)(C1=CC=CC1)c1ccccc1. The molecule has 0 saturated heterocycles. The lowest BCUT2D eigenvalue weighted by atomic mass is 9.72. The van der Waals surface area contributed by atoms with Crippen LogP contribution < -0.4 is 0 Å². The Morgan fingerprint density at radius 3 is 1.68 bits per heavy atom. The van der Waals surface area contributed by atoms with Crippen LogP contribution in [0.2, 0.25) is 19.1 Å². The third-order valence-electron chi connectivity index (χ3n) is 6.29. The molecule has 0 fully saturated rings. The zero-order valence-electron chi connectivity index (χ0n) is 25.8. The average Bonchev–Trinajstić information content (AvgIpc) is 3.22. The van der Waals surface area contributed by atoms with Crippen molar-refractivity contribution in [3.63, 3.8) is 0 Å². The van der Waals surface area contributed by atoms with Crippen molar-refractivity contribution in [2.45, 2.75) is 136 Å². The molecule has 0 bridgehead atoms. The van der Waals surface area contributed by atoms with Gasteiger partial charge in [0.05, 0.1) is 16.8 Å². The highest BCUT2D eigenvalue weighted by Gasteiger charge is 2.56. The minimum atomic E-state index is -3.46. The molecule has 0 aromatic heterocycles. The van der Waals surface area contributed by atoms with Gasteiger partial charge in [-0.3, -0.25) is 0 Å². The lowest BCUT2D eigenvalue weighted by molar-refractivity contribution is -0.115. The van der Waals surface area contributed by atoms with Crippen molar-refractivity contribution in [3.8, 4) is 0 Å². The molecule has 0 amide bonds. The van der Waals surface area contributed by atoms with Crippen LogP contribution in [0.25, 0.3) is 0 Å². The van der Waals surface area contributed by atoms with Gasteiger partial charge in [0, 0.05) is 5.41 Å². The van der Waals surface area contributed by atoms with Gasteiger partial charge in [0.25, 0.3) is 0 Å². The van der Waals surface area contributed by atoms with Crippen LogP contribution in [0.15, 0.2) is 54.1 Å². The van der Waals surface area contributed by atoms with Crippen molar-refractivity contribution < 1.29 is 17.4 Å². The predicted octanol–water partition coefficient (Wildman–Crippen LogP) is 9.10. The van der Waals surface area contributed by atoms with E-state index in [1.165, 1.54) is 11.1 Å². The zero-order valence-corrected chi connectivity index (χ0v) is 27.8. The van der Waals surface area contributed by atoms with Crippen LogP contribution in [0.4, 0.5) is 0 Å². The van der Waals surface area contributed by atoms with Gasteiger partial charge in [-0.2, -0.15) is 0 Å². The summed E-state index contributed by atoms with van der Waals surface area (Å²) in [5.41, 5.74) is 1.61. The summed E-state index contributed by atoms with van der Waals surface area (Å²) in [4.78, 5) is 0. The number of benzene rings is 1. The largest absolute Gasteiger partial charge is 0.670 e. The quantitative estimate of drug-likeness (QED) is 0.193. The molecular formula is C31H54O4Si2. The van der Waals surface area contributed by atoms with E-state index in [0.717, 1.165) is 31.7 Å². The Labute approximate surface area is 230 Å². The lowest BCUT2D eigenvalue weighted by Crippen LogP contribution is -2.63. The van der Waals surface area contributed by atoms with Crippen LogP contribution in [-0.2, 0) is 22.8 Å². The Bertz CT molecular complexity index is 876. The molecule has 2 rings (SSSR count). The molecule has 210 valence electrons. The maximum Gasteiger partial charge on any atom is 0.670 e. The van der Waals surface area contributed by atoms with E-state index in [1.807, 2.05) is 62.3 Å². The minimum absolute atomic E-state index is 0.0514. The Kier molecular flexibility index (Phi) is 10.4. The van der Waals surface area contributed by atoms with E-state index in [1.54, 1.807) is 0 Å². The van der Waals surface area contributed by atoms with Crippen LogP contribution in [0, 0.1) is 0 Å². The van der Waals surface area contributed by atoms with Crippen LogP contribution in [0.5, 0.6) is 0 Å². The highest BCUT2D eigenvalue weighted by atomic mass is 28.5. The fourth-order valence-corrected chi connectivity index (χ4v) is 11.9. The van der Waals surface area contributed by atoms with Gasteiger partial charge in [-0.1, -0.05) is 73.9 Å². The Morgan fingerprint density at radius 2 is 1.24 bits per heavy atom. The molecule has 6 heteroatoms. The van der Waals surface area contributed by atoms with E-state index in [-0.39, 0.29) is 5.41 Å². The molecule has 37 heavy (non-hydrogen) atoms. The van der Waals surface area contributed by atoms with E-state index < -0.39 is 34.2 Å². The molecule has 0 radical (unpaired) electrons. The molecule has 1 aliphatic rings. The summed E-state index contributed by atoms with van der Waals surface area (Å²) in [5.74, 6) is 0. The molecule has 4 nitrogen and oxygen atoms in total. The molecule has 1 aromatic rings. The van der Waals surface area contributed by atoms with E-state index >= 15 is 0 Å². The van der Waals surface area contributed by atoms with E-state index in [0.29, 0.717) is 0 Å². The Hall–Kier alpha value is -1.03. The van der Waals surface area contributed by atoms with Crippen LogP contribution in [0.3, 0.4) is 0 Å². The molecule has 0 spiro atoms. The fourth-order valence-electron chi connectivity index (χ4n) is 4.82. The first-order chi connectivity index (χ1) is 16.7. The maximum absolute atomic E-state index is 6.96. The molecule has 1 aromatic carbocycles. The smallest absolute Gasteiger partial charge is 0.394 e. The van der Waals surface area contributed by atoms with Gasteiger partial charge in [-0.25, -0.2) is 0 Å². The second-order valence-corrected chi connectivity index (χ2v) is 20.7. The highest BCUT2D eigenvalue weighted by molar-refractivity contribution is 6.79.